The molecule has 0 bridgehead atoms. The summed E-state index contributed by atoms with van der Waals surface area (Å²) >= 11 is 0. The third kappa shape index (κ3) is 2.90. The molecule has 88 valence electrons. The second-order valence-electron chi connectivity index (χ2n) is 4.07. The van der Waals surface area contributed by atoms with Crippen molar-refractivity contribution in [1.82, 2.24) is 4.98 Å². The maximum atomic E-state index is 9.17. The molecule has 1 aromatic heterocycles. The van der Waals surface area contributed by atoms with Gasteiger partial charge in [0, 0.05) is 30.5 Å². The van der Waals surface area contributed by atoms with Crippen molar-refractivity contribution in [2.75, 3.05) is 6.61 Å². The SMILES string of the molecule is C=CC(CO)Cc1cc(C)nc(C)c1CN. The van der Waals surface area contributed by atoms with E-state index in [0.29, 0.717) is 6.54 Å². The van der Waals surface area contributed by atoms with Crippen molar-refractivity contribution >= 4 is 0 Å². The molecule has 1 aromatic rings. The minimum atomic E-state index is 0.0894. The van der Waals surface area contributed by atoms with Crippen LogP contribution in [0.3, 0.4) is 0 Å². The van der Waals surface area contributed by atoms with Gasteiger partial charge in [-0.05, 0) is 37.5 Å². The fraction of sp³-hybridized carbons (Fsp3) is 0.462. The van der Waals surface area contributed by atoms with Gasteiger partial charge in [0.25, 0.3) is 0 Å². The first-order valence-corrected chi connectivity index (χ1v) is 5.51. The van der Waals surface area contributed by atoms with Gasteiger partial charge in [0.15, 0.2) is 0 Å². The molecular weight excluding hydrogens is 200 g/mol. The van der Waals surface area contributed by atoms with E-state index in [4.69, 9.17) is 5.73 Å². The van der Waals surface area contributed by atoms with E-state index < -0.39 is 0 Å². The Morgan fingerprint density at radius 3 is 2.75 bits per heavy atom. The zero-order chi connectivity index (χ0) is 12.1. The van der Waals surface area contributed by atoms with Gasteiger partial charge in [-0.25, -0.2) is 0 Å². The Kier molecular flexibility index (Phi) is 4.65. The lowest BCUT2D eigenvalue weighted by Gasteiger charge is -2.15. The number of nitrogens with zero attached hydrogens (tertiary/aromatic N) is 1. The number of hydrogen-bond acceptors (Lipinski definition) is 3. The van der Waals surface area contributed by atoms with E-state index in [-0.39, 0.29) is 12.5 Å². The average Bonchev–Trinajstić information content (AvgIpc) is 2.25. The minimum Gasteiger partial charge on any atom is -0.396 e. The molecule has 1 heterocycles. The fourth-order valence-corrected chi connectivity index (χ4v) is 1.90. The van der Waals surface area contributed by atoms with Gasteiger partial charge in [-0.1, -0.05) is 6.08 Å². The van der Waals surface area contributed by atoms with Crippen molar-refractivity contribution in [3.05, 3.63) is 41.2 Å². The molecule has 0 amide bonds. The van der Waals surface area contributed by atoms with Crippen LogP contribution in [0.25, 0.3) is 0 Å². The van der Waals surface area contributed by atoms with Crippen LogP contribution in [0.5, 0.6) is 0 Å². The predicted molar refractivity (Wildman–Crippen MR) is 66.1 cm³/mol. The Hall–Kier alpha value is -1.19. The summed E-state index contributed by atoms with van der Waals surface area (Å²) in [5.74, 6) is 0.0894. The van der Waals surface area contributed by atoms with Gasteiger partial charge in [-0.3, -0.25) is 4.98 Å². The van der Waals surface area contributed by atoms with E-state index in [1.807, 2.05) is 19.9 Å². The molecule has 1 atom stereocenters. The Balaban J connectivity index is 3.06. The molecule has 3 nitrogen and oxygen atoms in total. The lowest BCUT2D eigenvalue weighted by Crippen LogP contribution is -2.12. The second-order valence-corrected chi connectivity index (χ2v) is 4.07. The first kappa shape index (κ1) is 12.9. The highest BCUT2D eigenvalue weighted by molar-refractivity contribution is 5.32. The van der Waals surface area contributed by atoms with Gasteiger partial charge in [0.05, 0.1) is 0 Å². The highest BCUT2D eigenvalue weighted by Crippen LogP contribution is 2.18. The fourth-order valence-electron chi connectivity index (χ4n) is 1.90. The molecule has 0 saturated carbocycles. The number of aliphatic hydroxyl groups excluding tert-OH is 1. The molecule has 3 heteroatoms. The van der Waals surface area contributed by atoms with Crippen molar-refractivity contribution in [2.24, 2.45) is 11.7 Å². The van der Waals surface area contributed by atoms with E-state index in [9.17, 15) is 5.11 Å². The van der Waals surface area contributed by atoms with Gasteiger partial charge in [-0.2, -0.15) is 0 Å². The number of pyridine rings is 1. The van der Waals surface area contributed by atoms with Gasteiger partial charge in [0.1, 0.15) is 0 Å². The lowest BCUT2D eigenvalue weighted by atomic mass is 9.95. The van der Waals surface area contributed by atoms with Crippen LogP contribution in [-0.2, 0) is 13.0 Å². The van der Waals surface area contributed by atoms with E-state index in [1.54, 1.807) is 6.08 Å². The topological polar surface area (TPSA) is 59.1 Å². The molecule has 1 rings (SSSR count). The molecule has 0 aliphatic heterocycles. The first-order chi connectivity index (χ1) is 7.62. The first-order valence-electron chi connectivity index (χ1n) is 5.51. The number of aliphatic hydroxyl groups is 1. The zero-order valence-electron chi connectivity index (χ0n) is 10.0. The second kappa shape index (κ2) is 5.77. The summed E-state index contributed by atoms with van der Waals surface area (Å²) in [5, 5.41) is 9.17. The maximum absolute atomic E-state index is 9.17. The number of hydrogen-bond donors (Lipinski definition) is 2. The largest absolute Gasteiger partial charge is 0.396 e. The summed E-state index contributed by atoms with van der Waals surface area (Å²) in [6.07, 6.45) is 2.56. The smallest absolute Gasteiger partial charge is 0.0496 e. The van der Waals surface area contributed by atoms with Gasteiger partial charge < -0.3 is 10.8 Å². The highest BCUT2D eigenvalue weighted by Gasteiger charge is 2.11. The molecule has 0 radical (unpaired) electrons. The van der Waals surface area contributed by atoms with Crippen LogP contribution in [0, 0.1) is 19.8 Å². The van der Waals surface area contributed by atoms with Crippen LogP contribution in [0.1, 0.15) is 22.5 Å². The molecule has 0 aliphatic rings. The van der Waals surface area contributed by atoms with Gasteiger partial charge in [-0.15, -0.1) is 6.58 Å². The van der Waals surface area contributed by atoms with E-state index in [1.165, 1.54) is 5.56 Å². The van der Waals surface area contributed by atoms with E-state index in [2.05, 4.69) is 11.6 Å². The summed E-state index contributed by atoms with van der Waals surface area (Å²) < 4.78 is 0. The number of aryl methyl sites for hydroxylation is 2. The molecule has 0 saturated heterocycles. The molecule has 16 heavy (non-hydrogen) atoms. The van der Waals surface area contributed by atoms with Crippen molar-refractivity contribution in [2.45, 2.75) is 26.8 Å². The molecule has 0 fully saturated rings. The predicted octanol–water partition coefficient (Wildman–Crippen LogP) is 1.49. The quantitative estimate of drug-likeness (QED) is 0.739. The van der Waals surface area contributed by atoms with Crippen LogP contribution >= 0.6 is 0 Å². The minimum absolute atomic E-state index is 0.0894. The van der Waals surface area contributed by atoms with E-state index in [0.717, 1.165) is 23.4 Å². The Morgan fingerprint density at radius 1 is 1.56 bits per heavy atom. The number of nitrogens with two attached hydrogens (primary N) is 1. The Morgan fingerprint density at radius 2 is 2.25 bits per heavy atom. The van der Waals surface area contributed by atoms with Crippen molar-refractivity contribution < 1.29 is 5.11 Å². The maximum Gasteiger partial charge on any atom is 0.0496 e. The summed E-state index contributed by atoms with van der Waals surface area (Å²) in [6.45, 7) is 8.27. The van der Waals surface area contributed by atoms with Crippen LogP contribution in [0.2, 0.25) is 0 Å². The molecule has 1 unspecified atom stereocenters. The molecule has 0 spiro atoms. The van der Waals surface area contributed by atoms with Crippen LogP contribution in [0.4, 0.5) is 0 Å². The molecule has 0 aromatic carbocycles. The van der Waals surface area contributed by atoms with Crippen LogP contribution in [-0.4, -0.2) is 16.7 Å². The Labute approximate surface area is 97.0 Å². The monoisotopic (exact) mass is 220 g/mol. The summed E-state index contributed by atoms with van der Waals surface area (Å²) in [7, 11) is 0. The highest BCUT2D eigenvalue weighted by atomic mass is 16.3. The van der Waals surface area contributed by atoms with E-state index >= 15 is 0 Å². The zero-order valence-corrected chi connectivity index (χ0v) is 10.0. The van der Waals surface area contributed by atoms with Crippen LogP contribution in [0.15, 0.2) is 18.7 Å². The molecule has 0 aliphatic carbocycles. The third-order valence-corrected chi connectivity index (χ3v) is 2.81. The number of rotatable bonds is 5. The van der Waals surface area contributed by atoms with Crippen molar-refractivity contribution in [3.8, 4) is 0 Å². The lowest BCUT2D eigenvalue weighted by molar-refractivity contribution is 0.252. The number of aromatic nitrogens is 1. The van der Waals surface area contributed by atoms with Crippen molar-refractivity contribution in [1.29, 1.82) is 0 Å². The Bertz CT molecular complexity index is 374. The third-order valence-electron chi connectivity index (χ3n) is 2.81. The van der Waals surface area contributed by atoms with Gasteiger partial charge >= 0.3 is 0 Å². The standard InChI is InChI=1S/C13H20N2O/c1-4-11(8-16)6-12-5-9(2)15-10(3)13(12)7-14/h4-5,11,16H,1,6-8,14H2,2-3H3. The molecule has 3 N–H and O–H groups in total. The van der Waals surface area contributed by atoms with Crippen LogP contribution < -0.4 is 5.73 Å². The average molecular weight is 220 g/mol. The summed E-state index contributed by atoms with van der Waals surface area (Å²) in [5.41, 5.74) is 9.97. The summed E-state index contributed by atoms with van der Waals surface area (Å²) in [6, 6.07) is 2.04. The normalized spacial score (nSPS) is 12.5. The van der Waals surface area contributed by atoms with Crippen molar-refractivity contribution in [3.63, 3.8) is 0 Å². The van der Waals surface area contributed by atoms with Gasteiger partial charge in [0.2, 0.25) is 0 Å². The molecular formula is C13H20N2O. The summed E-state index contributed by atoms with van der Waals surface area (Å²) in [4.78, 5) is 4.40.